The molecule has 0 aliphatic heterocycles. The molecule has 0 spiro atoms. The Balaban J connectivity index is 2.66. The van der Waals surface area contributed by atoms with E-state index in [4.69, 9.17) is 18.9 Å². The Hall–Kier alpha value is -1.20. The fourth-order valence-electron chi connectivity index (χ4n) is 2.37. The monoisotopic (exact) mass is 250 g/mol. The van der Waals surface area contributed by atoms with Crippen LogP contribution in [0.3, 0.4) is 0 Å². The van der Waals surface area contributed by atoms with Crippen molar-refractivity contribution in [2.24, 2.45) is 0 Å². The lowest BCUT2D eigenvalue weighted by Gasteiger charge is -2.40. The van der Waals surface area contributed by atoms with Crippen molar-refractivity contribution < 1.29 is 18.9 Å². The quantitative estimate of drug-likeness (QED) is 0.606. The van der Waals surface area contributed by atoms with Gasteiger partial charge in [0.15, 0.2) is 0 Å². The van der Waals surface area contributed by atoms with Crippen LogP contribution in [0, 0.1) is 0 Å². The molecule has 0 amide bonds. The van der Waals surface area contributed by atoms with E-state index in [0.717, 1.165) is 11.1 Å². The minimum Gasteiger partial charge on any atom is -0.346 e. The Kier molecular flexibility index (Phi) is 3.54. The average Bonchev–Trinajstić information content (AvgIpc) is 2.46. The first kappa shape index (κ1) is 13.2. The number of fused-ring (bicyclic) bond motifs is 1. The molecule has 0 bridgehead atoms. The molecule has 2 rings (SSSR count). The molecule has 4 heteroatoms. The normalized spacial score (nSPS) is 19.6. The van der Waals surface area contributed by atoms with E-state index in [1.54, 1.807) is 28.4 Å². The highest BCUT2D eigenvalue weighted by Crippen LogP contribution is 2.43. The van der Waals surface area contributed by atoms with Crippen LogP contribution in [-0.4, -0.2) is 28.4 Å². The summed E-state index contributed by atoms with van der Waals surface area (Å²) in [5.41, 5.74) is 1.75. The fourth-order valence-corrected chi connectivity index (χ4v) is 2.37. The van der Waals surface area contributed by atoms with Crippen LogP contribution in [0.15, 0.2) is 36.4 Å². The summed E-state index contributed by atoms with van der Waals surface area (Å²) in [6, 6.07) is 7.75. The number of methoxy groups -OCH3 is 4. The third kappa shape index (κ3) is 1.69. The summed E-state index contributed by atoms with van der Waals surface area (Å²) in [6.45, 7) is 0. The number of hydrogen-bond acceptors (Lipinski definition) is 4. The molecule has 0 N–H and O–H groups in total. The molecule has 18 heavy (non-hydrogen) atoms. The van der Waals surface area contributed by atoms with Crippen molar-refractivity contribution in [3.05, 3.63) is 47.5 Å². The minimum absolute atomic E-state index is 0.876. The van der Waals surface area contributed by atoms with Crippen molar-refractivity contribution >= 4 is 0 Å². The highest BCUT2D eigenvalue weighted by Gasteiger charge is 2.44. The largest absolute Gasteiger partial charge is 0.346 e. The topological polar surface area (TPSA) is 36.9 Å². The van der Waals surface area contributed by atoms with Gasteiger partial charge in [0.2, 0.25) is 11.6 Å². The summed E-state index contributed by atoms with van der Waals surface area (Å²) in [6.07, 6.45) is 3.62. The van der Waals surface area contributed by atoms with E-state index in [9.17, 15) is 0 Å². The Morgan fingerprint density at radius 2 is 1.00 bits per heavy atom. The molecular weight excluding hydrogens is 232 g/mol. The maximum atomic E-state index is 5.52. The van der Waals surface area contributed by atoms with E-state index < -0.39 is 11.6 Å². The molecule has 98 valence electrons. The van der Waals surface area contributed by atoms with Gasteiger partial charge in [-0.05, 0) is 12.2 Å². The van der Waals surface area contributed by atoms with E-state index in [1.165, 1.54) is 0 Å². The van der Waals surface area contributed by atoms with Crippen molar-refractivity contribution in [2.75, 3.05) is 28.4 Å². The van der Waals surface area contributed by atoms with Crippen LogP contribution < -0.4 is 0 Å². The Morgan fingerprint density at radius 1 is 0.667 bits per heavy atom. The van der Waals surface area contributed by atoms with Gasteiger partial charge >= 0.3 is 0 Å². The standard InChI is InChI=1S/C14H18O4/c1-15-13(16-2)9-10-14(17-3,18-4)12-8-6-5-7-11(12)13/h5-10H,1-4H3. The summed E-state index contributed by atoms with van der Waals surface area (Å²) < 4.78 is 22.1. The van der Waals surface area contributed by atoms with Gasteiger partial charge in [0.1, 0.15) is 0 Å². The zero-order valence-corrected chi connectivity index (χ0v) is 11.1. The third-order valence-electron chi connectivity index (χ3n) is 3.41. The zero-order chi connectivity index (χ0) is 13.2. The first-order chi connectivity index (χ1) is 8.68. The number of rotatable bonds is 4. The molecule has 0 unspecified atom stereocenters. The third-order valence-corrected chi connectivity index (χ3v) is 3.41. The predicted octanol–water partition coefficient (Wildman–Crippen LogP) is 2.15. The first-order valence-corrected chi connectivity index (χ1v) is 5.69. The molecule has 0 radical (unpaired) electrons. The average molecular weight is 250 g/mol. The molecule has 0 heterocycles. The summed E-state index contributed by atoms with van der Waals surface area (Å²) in [7, 11) is 6.43. The van der Waals surface area contributed by atoms with Crippen LogP contribution in [0.1, 0.15) is 11.1 Å². The molecule has 0 saturated carbocycles. The highest BCUT2D eigenvalue weighted by molar-refractivity contribution is 5.43. The van der Waals surface area contributed by atoms with E-state index >= 15 is 0 Å². The van der Waals surface area contributed by atoms with Crippen molar-refractivity contribution in [3.8, 4) is 0 Å². The van der Waals surface area contributed by atoms with Gasteiger partial charge in [-0.15, -0.1) is 0 Å². The van der Waals surface area contributed by atoms with Crippen molar-refractivity contribution in [1.29, 1.82) is 0 Å². The number of ether oxygens (including phenoxy) is 4. The van der Waals surface area contributed by atoms with Crippen molar-refractivity contribution in [3.63, 3.8) is 0 Å². The molecular formula is C14H18O4. The lowest BCUT2D eigenvalue weighted by Crippen LogP contribution is -2.40. The van der Waals surface area contributed by atoms with Crippen LogP contribution in [0.5, 0.6) is 0 Å². The summed E-state index contributed by atoms with van der Waals surface area (Å²) in [4.78, 5) is 0. The molecule has 1 aromatic rings. The molecule has 0 fully saturated rings. The van der Waals surface area contributed by atoms with Crippen LogP contribution >= 0.6 is 0 Å². The molecule has 0 aromatic heterocycles. The smallest absolute Gasteiger partial charge is 0.215 e. The highest BCUT2D eigenvalue weighted by atomic mass is 16.7. The van der Waals surface area contributed by atoms with Gasteiger partial charge in [-0.1, -0.05) is 24.3 Å². The molecule has 1 aliphatic rings. The second kappa shape index (κ2) is 4.82. The van der Waals surface area contributed by atoms with Crippen molar-refractivity contribution in [2.45, 2.75) is 11.6 Å². The lowest BCUT2D eigenvalue weighted by molar-refractivity contribution is -0.210. The van der Waals surface area contributed by atoms with E-state index in [1.807, 2.05) is 36.4 Å². The molecule has 0 atom stereocenters. The maximum absolute atomic E-state index is 5.52. The molecule has 1 aliphatic carbocycles. The van der Waals surface area contributed by atoms with E-state index in [-0.39, 0.29) is 0 Å². The Morgan fingerprint density at radius 3 is 1.28 bits per heavy atom. The summed E-state index contributed by atoms with van der Waals surface area (Å²) in [5, 5.41) is 0. The summed E-state index contributed by atoms with van der Waals surface area (Å²) in [5.74, 6) is -1.78. The van der Waals surface area contributed by atoms with E-state index in [2.05, 4.69) is 0 Å². The lowest BCUT2D eigenvalue weighted by atomic mass is 9.87. The van der Waals surface area contributed by atoms with Gasteiger partial charge in [-0.25, -0.2) is 0 Å². The molecule has 4 nitrogen and oxygen atoms in total. The minimum atomic E-state index is -0.892. The SMILES string of the molecule is COC1(OC)C=CC(OC)(OC)c2ccccc21. The first-order valence-electron chi connectivity index (χ1n) is 5.69. The summed E-state index contributed by atoms with van der Waals surface area (Å²) >= 11 is 0. The second-order valence-corrected chi connectivity index (χ2v) is 4.03. The van der Waals surface area contributed by atoms with E-state index in [0.29, 0.717) is 0 Å². The van der Waals surface area contributed by atoms with Crippen LogP contribution in [0.4, 0.5) is 0 Å². The predicted molar refractivity (Wildman–Crippen MR) is 67.0 cm³/mol. The van der Waals surface area contributed by atoms with Crippen LogP contribution in [0.2, 0.25) is 0 Å². The molecule has 0 saturated heterocycles. The fraction of sp³-hybridized carbons (Fsp3) is 0.429. The van der Waals surface area contributed by atoms with Gasteiger partial charge in [0.05, 0.1) is 0 Å². The Bertz CT molecular complexity index is 404. The zero-order valence-electron chi connectivity index (χ0n) is 11.1. The second-order valence-electron chi connectivity index (χ2n) is 4.03. The van der Waals surface area contributed by atoms with Gasteiger partial charge < -0.3 is 18.9 Å². The Labute approximate surface area is 107 Å². The molecule has 1 aromatic carbocycles. The van der Waals surface area contributed by atoms with Crippen LogP contribution in [-0.2, 0) is 30.5 Å². The maximum Gasteiger partial charge on any atom is 0.215 e. The van der Waals surface area contributed by atoms with Gasteiger partial charge in [0, 0.05) is 39.6 Å². The van der Waals surface area contributed by atoms with Crippen LogP contribution in [0.25, 0.3) is 0 Å². The van der Waals surface area contributed by atoms with Gasteiger partial charge in [-0.3, -0.25) is 0 Å². The van der Waals surface area contributed by atoms with Gasteiger partial charge in [-0.2, -0.15) is 0 Å². The number of hydrogen-bond donors (Lipinski definition) is 0. The number of benzene rings is 1. The van der Waals surface area contributed by atoms with Gasteiger partial charge in [0.25, 0.3) is 0 Å². The van der Waals surface area contributed by atoms with Crippen molar-refractivity contribution in [1.82, 2.24) is 0 Å².